The molecule has 0 amide bonds. The first-order chi connectivity index (χ1) is 6.16. The van der Waals surface area contributed by atoms with Crippen molar-refractivity contribution in [1.82, 2.24) is 9.78 Å². The molecule has 1 aromatic rings. The lowest BCUT2D eigenvalue weighted by Gasteiger charge is -2.04. The second kappa shape index (κ2) is 4.77. The van der Waals surface area contributed by atoms with Crippen molar-refractivity contribution in [1.29, 1.82) is 0 Å². The SMILES string of the molecule is CC(C)c1cnn(CCCN)c1Br. The molecule has 0 aromatic carbocycles. The second-order valence-corrected chi connectivity index (χ2v) is 4.16. The van der Waals surface area contributed by atoms with Crippen molar-refractivity contribution in [3.05, 3.63) is 16.4 Å². The van der Waals surface area contributed by atoms with Gasteiger partial charge in [0.25, 0.3) is 0 Å². The van der Waals surface area contributed by atoms with Crippen molar-refractivity contribution in [2.24, 2.45) is 5.73 Å². The van der Waals surface area contributed by atoms with Crippen molar-refractivity contribution in [3.63, 3.8) is 0 Å². The first kappa shape index (κ1) is 10.7. The quantitative estimate of drug-likeness (QED) is 0.884. The number of nitrogens with zero attached hydrogens (tertiary/aromatic N) is 2. The van der Waals surface area contributed by atoms with Crippen molar-refractivity contribution in [2.45, 2.75) is 32.7 Å². The Morgan fingerprint density at radius 3 is 2.77 bits per heavy atom. The van der Waals surface area contributed by atoms with E-state index in [2.05, 4.69) is 34.9 Å². The molecule has 0 saturated carbocycles. The van der Waals surface area contributed by atoms with Gasteiger partial charge >= 0.3 is 0 Å². The van der Waals surface area contributed by atoms with Gasteiger partial charge in [0.1, 0.15) is 4.60 Å². The van der Waals surface area contributed by atoms with E-state index >= 15 is 0 Å². The Bertz CT molecular complexity index is 268. The van der Waals surface area contributed by atoms with Crippen LogP contribution in [0.5, 0.6) is 0 Å². The molecule has 0 atom stereocenters. The minimum absolute atomic E-state index is 0.515. The number of aromatic nitrogens is 2. The molecule has 0 aliphatic rings. The van der Waals surface area contributed by atoms with Gasteiger partial charge in [0.05, 0.1) is 6.20 Å². The van der Waals surface area contributed by atoms with Gasteiger partial charge in [0, 0.05) is 12.1 Å². The first-order valence-electron chi connectivity index (χ1n) is 4.58. The van der Waals surface area contributed by atoms with E-state index in [1.54, 1.807) is 0 Å². The van der Waals surface area contributed by atoms with Crippen LogP contribution in [0.15, 0.2) is 10.8 Å². The smallest absolute Gasteiger partial charge is 0.107 e. The molecule has 1 heterocycles. The van der Waals surface area contributed by atoms with Gasteiger partial charge in [-0.15, -0.1) is 0 Å². The molecule has 0 unspecified atom stereocenters. The topological polar surface area (TPSA) is 43.8 Å². The fourth-order valence-electron chi connectivity index (χ4n) is 1.17. The summed E-state index contributed by atoms with van der Waals surface area (Å²) in [6, 6.07) is 0. The zero-order valence-corrected chi connectivity index (χ0v) is 9.71. The largest absolute Gasteiger partial charge is 0.330 e. The lowest BCUT2D eigenvalue weighted by molar-refractivity contribution is 0.573. The van der Waals surface area contributed by atoms with Crippen LogP contribution in [-0.4, -0.2) is 16.3 Å². The lowest BCUT2D eigenvalue weighted by atomic mass is 10.1. The summed E-state index contributed by atoms with van der Waals surface area (Å²) in [5, 5.41) is 4.29. The average molecular weight is 246 g/mol. The maximum atomic E-state index is 5.44. The second-order valence-electron chi connectivity index (χ2n) is 3.41. The van der Waals surface area contributed by atoms with E-state index in [0.717, 1.165) is 17.6 Å². The molecule has 1 rings (SSSR count). The van der Waals surface area contributed by atoms with Gasteiger partial charge in [-0.1, -0.05) is 13.8 Å². The van der Waals surface area contributed by atoms with Crippen LogP contribution in [0.2, 0.25) is 0 Å². The zero-order valence-electron chi connectivity index (χ0n) is 8.13. The minimum atomic E-state index is 0.515. The van der Waals surface area contributed by atoms with Crippen LogP contribution in [-0.2, 0) is 6.54 Å². The summed E-state index contributed by atoms with van der Waals surface area (Å²) < 4.78 is 3.05. The van der Waals surface area contributed by atoms with Gasteiger partial charge in [-0.05, 0) is 34.8 Å². The van der Waals surface area contributed by atoms with E-state index in [1.807, 2.05) is 10.9 Å². The van der Waals surface area contributed by atoms with E-state index in [1.165, 1.54) is 5.56 Å². The predicted molar refractivity (Wildman–Crippen MR) is 57.7 cm³/mol. The summed E-state index contributed by atoms with van der Waals surface area (Å²) in [7, 11) is 0. The number of hydrogen-bond donors (Lipinski definition) is 1. The van der Waals surface area contributed by atoms with Gasteiger partial charge in [0.2, 0.25) is 0 Å². The summed E-state index contributed by atoms with van der Waals surface area (Å²) in [5.74, 6) is 0.515. The van der Waals surface area contributed by atoms with Crippen LogP contribution in [0.25, 0.3) is 0 Å². The molecule has 3 nitrogen and oxygen atoms in total. The van der Waals surface area contributed by atoms with Crippen LogP contribution < -0.4 is 5.73 Å². The maximum absolute atomic E-state index is 5.44. The monoisotopic (exact) mass is 245 g/mol. The molecule has 4 heteroatoms. The fourth-order valence-corrected chi connectivity index (χ4v) is 2.00. The number of aryl methyl sites for hydroxylation is 1. The molecule has 13 heavy (non-hydrogen) atoms. The highest BCUT2D eigenvalue weighted by molar-refractivity contribution is 9.10. The number of hydrogen-bond acceptors (Lipinski definition) is 2. The van der Waals surface area contributed by atoms with Crippen LogP contribution in [0.4, 0.5) is 0 Å². The Morgan fingerprint density at radius 2 is 2.31 bits per heavy atom. The molecule has 0 aliphatic carbocycles. The summed E-state index contributed by atoms with van der Waals surface area (Å²) >= 11 is 3.54. The highest BCUT2D eigenvalue weighted by atomic mass is 79.9. The highest BCUT2D eigenvalue weighted by Crippen LogP contribution is 2.24. The zero-order chi connectivity index (χ0) is 9.84. The number of halogens is 1. The fraction of sp³-hybridized carbons (Fsp3) is 0.667. The molecule has 0 saturated heterocycles. The molecule has 74 valence electrons. The normalized spacial score (nSPS) is 11.2. The van der Waals surface area contributed by atoms with Gasteiger partial charge in [-0.2, -0.15) is 5.10 Å². The predicted octanol–water partition coefficient (Wildman–Crippen LogP) is 2.12. The summed E-state index contributed by atoms with van der Waals surface area (Å²) in [6.45, 7) is 5.93. The van der Waals surface area contributed by atoms with Crippen molar-refractivity contribution < 1.29 is 0 Å². The Hall–Kier alpha value is -0.350. The Balaban J connectivity index is 2.74. The summed E-state index contributed by atoms with van der Waals surface area (Å²) in [6.07, 6.45) is 2.89. The van der Waals surface area contributed by atoms with E-state index in [9.17, 15) is 0 Å². The Labute approximate surface area is 87.4 Å². The third-order valence-electron chi connectivity index (χ3n) is 2.00. The van der Waals surface area contributed by atoms with Crippen molar-refractivity contribution in [3.8, 4) is 0 Å². The van der Waals surface area contributed by atoms with Crippen molar-refractivity contribution >= 4 is 15.9 Å². The van der Waals surface area contributed by atoms with E-state index in [4.69, 9.17) is 5.73 Å². The number of nitrogens with two attached hydrogens (primary N) is 1. The van der Waals surface area contributed by atoms with E-state index in [-0.39, 0.29) is 0 Å². The maximum Gasteiger partial charge on any atom is 0.107 e. The van der Waals surface area contributed by atoms with E-state index in [0.29, 0.717) is 12.5 Å². The molecule has 0 fully saturated rings. The first-order valence-corrected chi connectivity index (χ1v) is 5.37. The average Bonchev–Trinajstić information content (AvgIpc) is 2.43. The Morgan fingerprint density at radius 1 is 1.62 bits per heavy atom. The summed E-state index contributed by atoms with van der Waals surface area (Å²) in [5.41, 5.74) is 6.70. The highest BCUT2D eigenvalue weighted by Gasteiger charge is 2.09. The van der Waals surface area contributed by atoms with Gasteiger partial charge < -0.3 is 5.73 Å². The molecular weight excluding hydrogens is 230 g/mol. The van der Waals surface area contributed by atoms with Crippen LogP contribution in [0.3, 0.4) is 0 Å². The minimum Gasteiger partial charge on any atom is -0.330 e. The molecule has 0 radical (unpaired) electrons. The third kappa shape index (κ3) is 2.54. The third-order valence-corrected chi connectivity index (χ3v) is 2.86. The van der Waals surface area contributed by atoms with Crippen molar-refractivity contribution in [2.75, 3.05) is 6.54 Å². The van der Waals surface area contributed by atoms with E-state index < -0.39 is 0 Å². The Kier molecular flexibility index (Phi) is 3.93. The number of rotatable bonds is 4. The van der Waals surface area contributed by atoms with Gasteiger partial charge in [-0.25, -0.2) is 0 Å². The van der Waals surface area contributed by atoms with Crippen LogP contribution in [0, 0.1) is 0 Å². The standard InChI is InChI=1S/C9H16BrN3/c1-7(2)8-6-12-13(9(8)10)5-3-4-11/h6-7H,3-5,11H2,1-2H3. The molecule has 0 aliphatic heterocycles. The molecule has 0 spiro atoms. The van der Waals surface area contributed by atoms with Crippen LogP contribution >= 0.6 is 15.9 Å². The molecule has 0 bridgehead atoms. The molecule has 1 aromatic heterocycles. The molecular formula is C9H16BrN3. The van der Waals surface area contributed by atoms with Gasteiger partial charge in [0.15, 0.2) is 0 Å². The molecule has 2 N–H and O–H groups in total. The lowest BCUT2D eigenvalue weighted by Crippen LogP contribution is -2.07. The van der Waals surface area contributed by atoms with Gasteiger partial charge in [-0.3, -0.25) is 4.68 Å². The summed E-state index contributed by atoms with van der Waals surface area (Å²) in [4.78, 5) is 0. The van der Waals surface area contributed by atoms with Crippen LogP contribution in [0.1, 0.15) is 31.7 Å².